The van der Waals surface area contributed by atoms with Crippen molar-refractivity contribution in [1.82, 2.24) is 10.1 Å². The Morgan fingerprint density at radius 3 is 2.95 bits per heavy atom. The second-order valence-corrected chi connectivity index (χ2v) is 5.33. The minimum absolute atomic E-state index is 0.0214. The summed E-state index contributed by atoms with van der Waals surface area (Å²) in [4.78, 5) is 25.3. The molecular weight excluding hydrogens is 264 g/mol. The van der Waals surface area contributed by atoms with E-state index >= 15 is 0 Å². The maximum Gasteiger partial charge on any atom is 0.326 e. The minimum Gasteiger partial charge on any atom is -0.480 e. The van der Waals surface area contributed by atoms with Crippen molar-refractivity contribution in [1.29, 1.82) is 0 Å². The SMILES string of the molecule is COc1cc(C(=O)N2CC3CCCC3C2C(=O)O)on1. The van der Waals surface area contributed by atoms with Gasteiger partial charge in [-0.2, -0.15) is 0 Å². The molecule has 7 nitrogen and oxygen atoms in total. The zero-order valence-electron chi connectivity index (χ0n) is 11.1. The van der Waals surface area contributed by atoms with E-state index in [1.807, 2.05) is 0 Å². The Morgan fingerprint density at radius 1 is 1.50 bits per heavy atom. The normalized spacial score (nSPS) is 28.4. The Morgan fingerprint density at radius 2 is 2.30 bits per heavy atom. The van der Waals surface area contributed by atoms with Gasteiger partial charge in [0.2, 0.25) is 5.76 Å². The van der Waals surface area contributed by atoms with Crippen LogP contribution in [0.2, 0.25) is 0 Å². The van der Waals surface area contributed by atoms with E-state index in [0.29, 0.717) is 6.54 Å². The van der Waals surface area contributed by atoms with Crippen LogP contribution in [0.4, 0.5) is 0 Å². The monoisotopic (exact) mass is 280 g/mol. The molecule has 0 bridgehead atoms. The maximum atomic E-state index is 12.4. The first kappa shape index (κ1) is 13.0. The van der Waals surface area contributed by atoms with Gasteiger partial charge in [-0.15, -0.1) is 0 Å². The second-order valence-electron chi connectivity index (χ2n) is 5.33. The van der Waals surface area contributed by atoms with Gasteiger partial charge in [-0.3, -0.25) is 4.79 Å². The maximum absolute atomic E-state index is 12.4. The molecule has 3 unspecified atom stereocenters. The van der Waals surface area contributed by atoms with Crippen molar-refractivity contribution in [3.63, 3.8) is 0 Å². The van der Waals surface area contributed by atoms with Gasteiger partial charge in [-0.25, -0.2) is 4.79 Å². The van der Waals surface area contributed by atoms with E-state index in [-0.39, 0.29) is 23.5 Å². The van der Waals surface area contributed by atoms with Gasteiger partial charge < -0.3 is 19.3 Å². The number of hydrogen-bond acceptors (Lipinski definition) is 5. The van der Waals surface area contributed by atoms with Crippen LogP contribution in [0.3, 0.4) is 0 Å². The molecule has 7 heteroatoms. The highest BCUT2D eigenvalue weighted by atomic mass is 16.5. The molecule has 2 heterocycles. The molecule has 3 atom stereocenters. The predicted octanol–water partition coefficient (Wildman–Crippen LogP) is 1.01. The number of amides is 1. The molecule has 1 aliphatic carbocycles. The summed E-state index contributed by atoms with van der Waals surface area (Å²) in [5.41, 5.74) is 0. The van der Waals surface area contributed by atoms with E-state index in [9.17, 15) is 14.7 Å². The van der Waals surface area contributed by atoms with Crippen LogP contribution in [-0.2, 0) is 4.79 Å². The summed E-state index contributed by atoms with van der Waals surface area (Å²) in [7, 11) is 1.42. The molecule has 1 aromatic rings. The molecule has 0 spiro atoms. The van der Waals surface area contributed by atoms with Crippen LogP contribution in [0.1, 0.15) is 29.8 Å². The third kappa shape index (κ3) is 1.93. The molecule has 1 aliphatic heterocycles. The average Bonchev–Trinajstić information content (AvgIpc) is 3.11. The highest BCUT2D eigenvalue weighted by molar-refractivity contribution is 5.95. The van der Waals surface area contributed by atoms with Gasteiger partial charge in [-0.05, 0) is 29.8 Å². The molecule has 3 rings (SSSR count). The lowest BCUT2D eigenvalue weighted by atomic mass is 9.94. The van der Waals surface area contributed by atoms with E-state index in [1.54, 1.807) is 0 Å². The van der Waals surface area contributed by atoms with E-state index in [4.69, 9.17) is 9.26 Å². The summed E-state index contributed by atoms with van der Waals surface area (Å²) in [5.74, 6) is -0.805. The van der Waals surface area contributed by atoms with Crippen LogP contribution < -0.4 is 4.74 Å². The Kier molecular flexibility index (Phi) is 3.11. The molecule has 1 saturated carbocycles. The lowest BCUT2D eigenvalue weighted by Crippen LogP contribution is -2.43. The summed E-state index contributed by atoms with van der Waals surface area (Å²) in [5, 5.41) is 13.0. The van der Waals surface area contributed by atoms with Crippen molar-refractivity contribution in [2.75, 3.05) is 13.7 Å². The predicted molar refractivity (Wildman–Crippen MR) is 66.3 cm³/mol. The van der Waals surface area contributed by atoms with Crippen molar-refractivity contribution in [2.45, 2.75) is 25.3 Å². The topological polar surface area (TPSA) is 92.9 Å². The number of carboxylic acids is 1. The number of fused-ring (bicyclic) bond motifs is 1. The van der Waals surface area contributed by atoms with Gasteiger partial charge in [-0.1, -0.05) is 6.42 Å². The van der Waals surface area contributed by atoms with E-state index in [2.05, 4.69) is 5.16 Å². The molecule has 108 valence electrons. The van der Waals surface area contributed by atoms with Crippen LogP contribution in [0.15, 0.2) is 10.6 Å². The lowest BCUT2D eigenvalue weighted by molar-refractivity contribution is -0.142. The molecular formula is C13H16N2O5. The van der Waals surface area contributed by atoms with Gasteiger partial charge in [0.05, 0.1) is 13.2 Å². The van der Waals surface area contributed by atoms with Crippen LogP contribution in [0, 0.1) is 11.8 Å². The molecule has 0 radical (unpaired) electrons. The Labute approximate surface area is 115 Å². The Balaban J connectivity index is 1.85. The fourth-order valence-corrected chi connectivity index (χ4v) is 3.43. The summed E-state index contributed by atoms with van der Waals surface area (Å²) < 4.78 is 9.79. The smallest absolute Gasteiger partial charge is 0.326 e. The number of nitrogens with zero attached hydrogens (tertiary/aromatic N) is 2. The summed E-state index contributed by atoms with van der Waals surface area (Å²) >= 11 is 0. The highest BCUT2D eigenvalue weighted by Gasteiger charge is 2.50. The number of methoxy groups -OCH3 is 1. The van der Waals surface area contributed by atoms with Gasteiger partial charge in [0, 0.05) is 6.54 Å². The van der Waals surface area contributed by atoms with Crippen LogP contribution in [0.25, 0.3) is 0 Å². The molecule has 1 aromatic heterocycles. The average molecular weight is 280 g/mol. The van der Waals surface area contributed by atoms with E-state index in [0.717, 1.165) is 19.3 Å². The van der Waals surface area contributed by atoms with Crippen molar-refractivity contribution in [3.8, 4) is 5.88 Å². The highest BCUT2D eigenvalue weighted by Crippen LogP contribution is 2.42. The lowest BCUT2D eigenvalue weighted by Gasteiger charge is -2.23. The standard InChI is InChI=1S/C13H16N2O5/c1-19-10-5-9(20-14-10)12(16)15-6-7-3-2-4-8(7)11(15)13(17)18/h5,7-8,11H,2-4,6H2,1H3,(H,17,18). The van der Waals surface area contributed by atoms with E-state index < -0.39 is 17.9 Å². The molecule has 1 N–H and O–H groups in total. The van der Waals surface area contributed by atoms with Gasteiger partial charge in [0.25, 0.3) is 11.8 Å². The molecule has 1 saturated heterocycles. The molecule has 20 heavy (non-hydrogen) atoms. The molecule has 2 fully saturated rings. The van der Waals surface area contributed by atoms with E-state index in [1.165, 1.54) is 18.1 Å². The zero-order chi connectivity index (χ0) is 14.3. The van der Waals surface area contributed by atoms with Crippen molar-refractivity contribution >= 4 is 11.9 Å². The Hall–Kier alpha value is -2.05. The number of aliphatic carboxylic acids is 1. The van der Waals surface area contributed by atoms with Gasteiger partial charge in [0.1, 0.15) is 6.04 Å². The van der Waals surface area contributed by atoms with Crippen LogP contribution in [0.5, 0.6) is 5.88 Å². The Bertz CT molecular complexity index is 541. The second kappa shape index (κ2) is 4.81. The number of rotatable bonds is 3. The summed E-state index contributed by atoms with van der Waals surface area (Å²) in [6, 6.07) is 0.626. The number of carboxylic acid groups (broad SMARTS) is 1. The third-order valence-electron chi connectivity index (χ3n) is 4.31. The quantitative estimate of drug-likeness (QED) is 0.888. The van der Waals surface area contributed by atoms with Crippen LogP contribution >= 0.6 is 0 Å². The molecule has 2 aliphatic rings. The zero-order valence-corrected chi connectivity index (χ0v) is 11.1. The summed E-state index contributed by atoms with van der Waals surface area (Å²) in [6.07, 6.45) is 2.89. The van der Waals surface area contributed by atoms with Crippen molar-refractivity contribution < 1.29 is 24.0 Å². The first-order chi connectivity index (χ1) is 9.61. The third-order valence-corrected chi connectivity index (χ3v) is 4.31. The van der Waals surface area contributed by atoms with Crippen molar-refractivity contribution in [2.24, 2.45) is 11.8 Å². The van der Waals surface area contributed by atoms with Crippen LogP contribution in [-0.4, -0.2) is 46.7 Å². The van der Waals surface area contributed by atoms with Crippen molar-refractivity contribution in [3.05, 3.63) is 11.8 Å². The number of likely N-dealkylation sites (tertiary alicyclic amines) is 1. The van der Waals surface area contributed by atoms with Gasteiger partial charge >= 0.3 is 5.97 Å². The number of aromatic nitrogens is 1. The summed E-state index contributed by atoms with van der Waals surface area (Å²) in [6.45, 7) is 0.476. The van der Waals surface area contributed by atoms with Gasteiger partial charge in [0.15, 0.2) is 0 Å². The fourth-order valence-electron chi connectivity index (χ4n) is 3.43. The number of carbonyl (C=O) groups is 2. The molecule has 0 aromatic carbocycles. The number of ether oxygens (including phenoxy) is 1. The first-order valence-electron chi connectivity index (χ1n) is 6.66. The number of hydrogen-bond donors (Lipinski definition) is 1. The fraction of sp³-hybridized carbons (Fsp3) is 0.615. The minimum atomic E-state index is -0.945. The largest absolute Gasteiger partial charge is 0.480 e. The number of carbonyl (C=O) groups excluding carboxylic acids is 1. The molecule has 1 amide bonds. The first-order valence-corrected chi connectivity index (χ1v) is 6.66.